The summed E-state index contributed by atoms with van der Waals surface area (Å²) in [6.45, 7) is 32.4. The normalized spacial score (nSPS) is 31.3. The summed E-state index contributed by atoms with van der Waals surface area (Å²) in [6.07, 6.45) is 8.77. The molecule has 0 saturated heterocycles. The van der Waals surface area contributed by atoms with Crippen molar-refractivity contribution in [3.05, 3.63) is 24.0 Å². The molecular formula is C31H60O3Si2. The first-order valence-electron chi connectivity index (χ1n) is 14.9. The number of unbranched alkanes of at least 4 members (excludes halogenated alkanes) is 1. The van der Waals surface area contributed by atoms with Crippen LogP contribution in [0.15, 0.2) is 24.0 Å². The molecule has 0 aromatic rings. The van der Waals surface area contributed by atoms with Gasteiger partial charge in [0, 0.05) is 11.8 Å². The molecular weight excluding hydrogens is 477 g/mol. The zero-order valence-electron chi connectivity index (χ0n) is 25.9. The van der Waals surface area contributed by atoms with Gasteiger partial charge in [-0.2, -0.15) is 0 Å². The Labute approximate surface area is 228 Å². The number of aliphatic hydroxyl groups excluding tert-OH is 1. The Morgan fingerprint density at radius 3 is 2.22 bits per heavy atom. The molecule has 2 rings (SSSR count). The second-order valence-electron chi connectivity index (χ2n) is 14.9. The molecule has 2 aliphatic rings. The standard InChI is InChI=1S/C31H60O3Si2/c1-14-15-16-21(2)17-23(29(4,5)6)19-26(33-35(10)11)27-24-18-22(3)28(32)31(24,34-36(12)13)20-25(27)30(7,8)9/h19,21,23-25,27-28,32,35-36H,3,14-18,20H2,1-2,4-13H3/t21-,23-,24-,25+,27+,28?,31-/m0/s1. The number of fused-ring (bicyclic) bond motifs is 1. The predicted octanol–water partition coefficient (Wildman–Crippen LogP) is 8.11. The molecule has 0 amide bonds. The van der Waals surface area contributed by atoms with Crippen LogP contribution in [0.3, 0.4) is 0 Å². The Hall–Kier alpha value is -0.366. The maximum atomic E-state index is 11.5. The number of aliphatic hydroxyl groups is 1. The fourth-order valence-electron chi connectivity index (χ4n) is 6.92. The molecule has 210 valence electrons. The van der Waals surface area contributed by atoms with Crippen molar-refractivity contribution >= 4 is 18.1 Å². The van der Waals surface area contributed by atoms with E-state index in [1.54, 1.807) is 0 Å². The molecule has 2 aliphatic carbocycles. The van der Waals surface area contributed by atoms with Crippen molar-refractivity contribution in [1.82, 2.24) is 0 Å². The molecule has 1 unspecified atom stereocenters. The summed E-state index contributed by atoms with van der Waals surface area (Å²) >= 11 is 0. The second kappa shape index (κ2) is 12.2. The molecule has 0 aromatic heterocycles. The van der Waals surface area contributed by atoms with E-state index < -0.39 is 29.8 Å². The Morgan fingerprint density at radius 2 is 1.75 bits per heavy atom. The molecule has 0 aliphatic heterocycles. The molecule has 5 heteroatoms. The van der Waals surface area contributed by atoms with Crippen LogP contribution in [0, 0.1) is 40.4 Å². The van der Waals surface area contributed by atoms with Crippen LogP contribution >= 0.6 is 0 Å². The Balaban J connectivity index is 2.63. The molecule has 2 saturated carbocycles. The van der Waals surface area contributed by atoms with Crippen LogP contribution in [-0.2, 0) is 8.85 Å². The third-order valence-corrected chi connectivity index (χ3v) is 10.5. The van der Waals surface area contributed by atoms with Gasteiger partial charge in [-0.1, -0.05) is 81.2 Å². The number of allylic oxidation sites excluding steroid dienone is 2. The monoisotopic (exact) mass is 536 g/mol. The lowest BCUT2D eigenvalue weighted by atomic mass is 9.70. The zero-order chi connectivity index (χ0) is 27.6. The van der Waals surface area contributed by atoms with E-state index in [0.29, 0.717) is 17.8 Å². The van der Waals surface area contributed by atoms with E-state index in [1.807, 2.05) is 0 Å². The molecule has 1 N–H and O–H groups in total. The predicted molar refractivity (Wildman–Crippen MR) is 161 cm³/mol. The molecule has 0 heterocycles. The van der Waals surface area contributed by atoms with Gasteiger partial charge in [0.25, 0.3) is 0 Å². The van der Waals surface area contributed by atoms with Crippen LogP contribution in [0.1, 0.15) is 93.9 Å². The first kappa shape index (κ1) is 31.8. The summed E-state index contributed by atoms with van der Waals surface area (Å²) < 4.78 is 13.8. The SMILES string of the molecule is C=C1C[C@H]2[C@@H](C(=C[C@H](C[C@@H](C)CCCC)C(C)(C)C)O[SiH](C)C)[C@H](C(C)(C)C)C[C@@]2(O[SiH](C)C)C1O. The lowest BCUT2D eigenvalue weighted by Gasteiger charge is -2.38. The van der Waals surface area contributed by atoms with E-state index in [9.17, 15) is 5.11 Å². The highest BCUT2D eigenvalue weighted by Gasteiger charge is 2.65. The highest BCUT2D eigenvalue weighted by atomic mass is 28.3. The summed E-state index contributed by atoms with van der Waals surface area (Å²) in [4.78, 5) is 0. The van der Waals surface area contributed by atoms with Crippen LogP contribution in [0.5, 0.6) is 0 Å². The highest BCUT2D eigenvalue weighted by molar-refractivity contribution is 6.49. The van der Waals surface area contributed by atoms with E-state index in [2.05, 4.69) is 94.2 Å². The summed E-state index contributed by atoms with van der Waals surface area (Å²) in [5.74, 6) is 3.26. The summed E-state index contributed by atoms with van der Waals surface area (Å²) in [5.41, 5.74) is 0.707. The third-order valence-electron chi connectivity index (χ3n) is 8.82. The molecule has 7 atom stereocenters. The van der Waals surface area contributed by atoms with Crippen molar-refractivity contribution in [2.45, 2.75) is 132 Å². The van der Waals surface area contributed by atoms with Gasteiger partial charge in [-0.05, 0) is 85.7 Å². The van der Waals surface area contributed by atoms with E-state index in [1.165, 1.54) is 31.4 Å². The fourth-order valence-corrected chi connectivity index (χ4v) is 8.97. The van der Waals surface area contributed by atoms with Gasteiger partial charge < -0.3 is 14.0 Å². The van der Waals surface area contributed by atoms with Gasteiger partial charge in [0.05, 0.1) is 11.4 Å². The number of hydrogen-bond acceptors (Lipinski definition) is 3. The number of rotatable bonds is 11. The molecule has 0 aromatic carbocycles. The van der Waals surface area contributed by atoms with Gasteiger partial charge in [-0.3, -0.25) is 0 Å². The second-order valence-corrected chi connectivity index (χ2v) is 19.6. The lowest BCUT2D eigenvalue weighted by molar-refractivity contribution is -0.0455. The molecule has 36 heavy (non-hydrogen) atoms. The molecule has 3 nitrogen and oxygen atoms in total. The number of hydrogen-bond donors (Lipinski definition) is 1. The van der Waals surface area contributed by atoms with Crippen molar-refractivity contribution < 1.29 is 14.0 Å². The molecule has 0 radical (unpaired) electrons. The average Bonchev–Trinajstić information content (AvgIpc) is 3.14. The largest absolute Gasteiger partial charge is 0.550 e. The first-order valence-corrected chi connectivity index (χ1v) is 20.4. The van der Waals surface area contributed by atoms with Crippen molar-refractivity contribution in [2.24, 2.45) is 40.4 Å². The smallest absolute Gasteiger partial charge is 0.229 e. The maximum absolute atomic E-state index is 11.5. The van der Waals surface area contributed by atoms with Crippen LogP contribution in [0.4, 0.5) is 0 Å². The average molecular weight is 537 g/mol. The first-order chi connectivity index (χ1) is 16.4. The van der Waals surface area contributed by atoms with E-state index >= 15 is 0 Å². The Bertz CT molecular complexity index is 761. The van der Waals surface area contributed by atoms with Gasteiger partial charge in [-0.15, -0.1) is 0 Å². The minimum atomic E-state index is -1.38. The van der Waals surface area contributed by atoms with E-state index in [-0.39, 0.29) is 22.7 Å². The lowest BCUT2D eigenvalue weighted by Crippen LogP contribution is -2.47. The maximum Gasteiger partial charge on any atom is 0.229 e. The van der Waals surface area contributed by atoms with Gasteiger partial charge in [0.2, 0.25) is 9.04 Å². The van der Waals surface area contributed by atoms with Gasteiger partial charge in [0.15, 0.2) is 9.04 Å². The third kappa shape index (κ3) is 7.39. The van der Waals surface area contributed by atoms with Crippen molar-refractivity contribution in [2.75, 3.05) is 0 Å². The molecule has 2 fully saturated rings. The van der Waals surface area contributed by atoms with Crippen LogP contribution in [0.2, 0.25) is 26.2 Å². The Morgan fingerprint density at radius 1 is 1.14 bits per heavy atom. The zero-order valence-corrected chi connectivity index (χ0v) is 28.2. The molecule has 0 spiro atoms. The molecule has 0 bridgehead atoms. The summed E-state index contributed by atoms with van der Waals surface area (Å²) in [7, 11) is -2.72. The van der Waals surface area contributed by atoms with Crippen LogP contribution in [0.25, 0.3) is 0 Å². The van der Waals surface area contributed by atoms with Crippen LogP contribution < -0.4 is 0 Å². The van der Waals surface area contributed by atoms with Crippen LogP contribution in [-0.4, -0.2) is 34.9 Å². The van der Waals surface area contributed by atoms with E-state index in [0.717, 1.165) is 18.4 Å². The summed E-state index contributed by atoms with van der Waals surface area (Å²) in [5, 5.41) is 11.5. The summed E-state index contributed by atoms with van der Waals surface area (Å²) in [6, 6.07) is 0. The van der Waals surface area contributed by atoms with Crippen molar-refractivity contribution in [3.8, 4) is 0 Å². The fraction of sp³-hybridized carbons (Fsp3) is 0.871. The van der Waals surface area contributed by atoms with Gasteiger partial charge in [0.1, 0.15) is 6.10 Å². The van der Waals surface area contributed by atoms with Gasteiger partial charge in [-0.25, -0.2) is 0 Å². The quantitative estimate of drug-likeness (QED) is 0.165. The minimum absolute atomic E-state index is 0.0948. The Kier molecular flexibility index (Phi) is 10.8. The topological polar surface area (TPSA) is 38.7 Å². The van der Waals surface area contributed by atoms with E-state index in [4.69, 9.17) is 8.85 Å². The van der Waals surface area contributed by atoms with Crippen molar-refractivity contribution in [3.63, 3.8) is 0 Å². The van der Waals surface area contributed by atoms with Gasteiger partial charge >= 0.3 is 0 Å². The minimum Gasteiger partial charge on any atom is -0.550 e. The van der Waals surface area contributed by atoms with Crippen molar-refractivity contribution in [1.29, 1.82) is 0 Å². The highest BCUT2D eigenvalue weighted by Crippen LogP contribution is 2.63.